The fourth-order valence-electron chi connectivity index (χ4n) is 2.98. The molecule has 0 aliphatic heterocycles. The Bertz CT molecular complexity index is 433. The van der Waals surface area contributed by atoms with Gasteiger partial charge in [-0.1, -0.05) is 26.0 Å². The van der Waals surface area contributed by atoms with Crippen LogP contribution >= 0.6 is 0 Å². The number of ether oxygens (including phenoxy) is 2. The molecule has 0 aromatic heterocycles. The Morgan fingerprint density at radius 3 is 2.38 bits per heavy atom. The summed E-state index contributed by atoms with van der Waals surface area (Å²) in [5.74, 6) is 0.00946. The Morgan fingerprint density at radius 2 is 1.90 bits per heavy atom. The quantitative estimate of drug-likeness (QED) is 0.756. The van der Waals surface area contributed by atoms with Crippen molar-refractivity contribution in [2.75, 3.05) is 20.8 Å². The van der Waals surface area contributed by atoms with Crippen LogP contribution in [-0.4, -0.2) is 32.4 Å². The van der Waals surface area contributed by atoms with Gasteiger partial charge in [0.05, 0.1) is 12.7 Å². The minimum Gasteiger partial charge on any atom is -0.494 e. The maximum Gasteiger partial charge on any atom is 0.168 e. The second kappa shape index (κ2) is 8.35. The molecule has 0 spiro atoms. The second-order valence-electron chi connectivity index (χ2n) is 5.18. The molecule has 0 radical (unpaired) electrons. The topological polar surface area (TPSA) is 30.5 Å². The highest BCUT2D eigenvalue weighted by molar-refractivity contribution is 5.32. The molecule has 0 fully saturated rings. The summed E-state index contributed by atoms with van der Waals surface area (Å²) >= 11 is 0. The summed E-state index contributed by atoms with van der Waals surface area (Å²) in [6, 6.07) is 5.32. The van der Waals surface area contributed by atoms with Crippen LogP contribution in [0.3, 0.4) is 0 Å². The lowest BCUT2D eigenvalue weighted by molar-refractivity contribution is -0.0705. The first kappa shape index (κ1) is 17.9. The van der Waals surface area contributed by atoms with E-state index < -0.39 is 0 Å². The molecule has 1 rings (SSSR count). The Balaban J connectivity index is 3.06. The van der Waals surface area contributed by atoms with E-state index in [1.165, 1.54) is 7.11 Å². The second-order valence-corrected chi connectivity index (χ2v) is 5.18. The van der Waals surface area contributed by atoms with Crippen molar-refractivity contribution in [3.8, 4) is 5.75 Å². The van der Waals surface area contributed by atoms with Crippen LogP contribution in [0, 0.1) is 5.82 Å². The van der Waals surface area contributed by atoms with Gasteiger partial charge in [-0.2, -0.15) is 0 Å². The molecule has 0 saturated heterocycles. The number of benzene rings is 1. The summed E-state index contributed by atoms with van der Waals surface area (Å²) in [7, 11) is 3.39. The number of rotatable bonds is 9. The molecule has 0 heterocycles. The molecule has 4 heteroatoms. The average Bonchev–Trinajstić information content (AvgIpc) is 2.52. The molecule has 1 aromatic carbocycles. The Morgan fingerprint density at radius 1 is 1.24 bits per heavy atom. The van der Waals surface area contributed by atoms with Crippen LogP contribution in [0.1, 0.15) is 39.2 Å². The van der Waals surface area contributed by atoms with E-state index in [1.54, 1.807) is 6.07 Å². The van der Waals surface area contributed by atoms with Crippen molar-refractivity contribution >= 4 is 0 Å². The van der Waals surface area contributed by atoms with Crippen LogP contribution in [0.5, 0.6) is 5.75 Å². The SMILES string of the molecule is CCOC(CC)(CC)C(Cc1cccc(OC)c1F)NC. The van der Waals surface area contributed by atoms with Gasteiger partial charge in [-0.3, -0.25) is 0 Å². The molecule has 1 aromatic rings. The van der Waals surface area contributed by atoms with Crippen molar-refractivity contribution in [2.24, 2.45) is 0 Å². The molecule has 1 atom stereocenters. The molecule has 1 N–H and O–H groups in total. The van der Waals surface area contributed by atoms with Gasteiger partial charge in [0.1, 0.15) is 0 Å². The van der Waals surface area contributed by atoms with Crippen LogP contribution in [0.15, 0.2) is 18.2 Å². The first-order chi connectivity index (χ1) is 10.1. The summed E-state index contributed by atoms with van der Waals surface area (Å²) in [6.07, 6.45) is 2.34. The van der Waals surface area contributed by atoms with Gasteiger partial charge in [0, 0.05) is 12.6 Å². The van der Waals surface area contributed by atoms with E-state index in [0.29, 0.717) is 18.6 Å². The van der Waals surface area contributed by atoms with Crippen LogP contribution < -0.4 is 10.1 Å². The number of hydrogen-bond donors (Lipinski definition) is 1. The van der Waals surface area contributed by atoms with Crippen molar-refractivity contribution in [3.05, 3.63) is 29.6 Å². The average molecular weight is 297 g/mol. The molecule has 0 aliphatic carbocycles. The van der Waals surface area contributed by atoms with Crippen LogP contribution in [-0.2, 0) is 11.2 Å². The van der Waals surface area contributed by atoms with E-state index in [0.717, 1.165) is 12.8 Å². The normalized spacial score (nSPS) is 13.2. The largest absolute Gasteiger partial charge is 0.494 e. The molecule has 120 valence electrons. The zero-order valence-electron chi connectivity index (χ0n) is 13.8. The van der Waals surface area contributed by atoms with E-state index in [1.807, 2.05) is 26.1 Å². The summed E-state index contributed by atoms with van der Waals surface area (Å²) in [5.41, 5.74) is 0.374. The lowest BCUT2D eigenvalue weighted by Gasteiger charge is -2.39. The fourth-order valence-corrected chi connectivity index (χ4v) is 2.98. The van der Waals surface area contributed by atoms with Crippen molar-refractivity contribution in [3.63, 3.8) is 0 Å². The predicted molar refractivity (Wildman–Crippen MR) is 84.4 cm³/mol. The molecule has 0 bridgehead atoms. The van der Waals surface area contributed by atoms with Gasteiger partial charge in [-0.05, 0) is 44.9 Å². The van der Waals surface area contributed by atoms with Crippen molar-refractivity contribution < 1.29 is 13.9 Å². The third kappa shape index (κ3) is 3.95. The van der Waals surface area contributed by atoms with Gasteiger partial charge in [0.2, 0.25) is 0 Å². The van der Waals surface area contributed by atoms with E-state index in [4.69, 9.17) is 9.47 Å². The van der Waals surface area contributed by atoms with Crippen LogP contribution in [0.2, 0.25) is 0 Å². The third-order valence-corrected chi connectivity index (χ3v) is 4.30. The zero-order valence-corrected chi connectivity index (χ0v) is 13.8. The molecular formula is C17H28FNO2. The monoisotopic (exact) mass is 297 g/mol. The number of hydrogen-bond acceptors (Lipinski definition) is 3. The van der Waals surface area contributed by atoms with Crippen LogP contribution in [0.25, 0.3) is 0 Å². The van der Waals surface area contributed by atoms with E-state index in [-0.39, 0.29) is 23.2 Å². The van der Waals surface area contributed by atoms with Gasteiger partial charge in [0.25, 0.3) is 0 Å². The number of likely N-dealkylation sites (N-methyl/N-ethyl adjacent to an activating group) is 1. The van der Waals surface area contributed by atoms with Gasteiger partial charge in [-0.25, -0.2) is 4.39 Å². The van der Waals surface area contributed by atoms with Crippen LogP contribution in [0.4, 0.5) is 4.39 Å². The Labute approximate surface area is 127 Å². The Hall–Kier alpha value is -1.13. The van der Waals surface area contributed by atoms with Crippen molar-refractivity contribution in [1.82, 2.24) is 5.32 Å². The minimum atomic E-state index is -0.280. The number of halogens is 1. The van der Waals surface area contributed by atoms with E-state index in [9.17, 15) is 4.39 Å². The van der Waals surface area contributed by atoms with Gasteiger partial charge >= 0.3 is 0 Å². The van der Waals surface area contributed by atoms with E-state index in [2.05, 4.69) is 19.2 Å². The standard InChI is InChI=1S/C17H28FNO2/c1-6-17(7-2,21-8-3)15(19-4)12-13-10-9-11-14(20-5)16(13)18/h9-11,15,19H,6-8,12H2,1-5H3. The summed E-state index contributed by atoms with van der Waals surface area (Å²) in [6.45, 7) is 6.89. The van der Waals surface area contributed by atoms with Crippen molar-refractivity contribution in [2.45, 2.75) is 51.7 Å². The van der Waals surface area contributed by atoms with Gasteiger partial charge in [0.15, 0.2) is 11.6 Å². The van der Waals surface area contributed by atoms with Gasteiger partial charge < -0.3 is 14.8 Å². The van der Waals surface area contributed by atoms with Gasteiger partial charge in [-0.15, -0.1) is 0 Å². The number of nitrogens with one attached hydrogen (secondary N) is 1. The summed E-state index contributed by atoms with van der Waals surface area (Å²) < 4.78 is 25.5. The predicted octanol–water partition coefficient (Wildman–Crippen LogP) is 3.56. The smallest absolute Gasteiger partial charge is 0.168 e. The maximum atomic E-state index is 14.4. The molecule has 1 unspecified atom stereocenters. The highest BCUT2D eigenvalue weighted by Crippen LogP contribution is 2.29. The fraction of sp³-hybridized carbons (Fsp3) is 0.647. The lowest BCUT2D eigenvalue weighted by Crippen LogP contribution is -2.52. The summed E-state index contributed by atoms with van der Waals surface area (Å²) in [5, 5.41) is 3.31. The molecule has 21 heavy (non-hydrogen) atoms. The molecule has 0 saturated carbocycles. The first-order valence-corrected chi connectivity index (χ1v) is 7.71. The molecule has 3 nitrogen and oxygen atoms in total. The number of methoxy groups -OCH3 is 1. The molecule has 0 amide bonds. The first-order valence-electron chi connectivity index (χ1n) is 7.71. The third-order valence-electron chi connectivity index (χ3n) is 4.30. The summed E-state index contributed by atoms with van der Waals surface area (Å²) in [4.78, 5) is 0. The maximum absolute atomic E-state index is 14.4. The zero-order chi connectivity index (χ0) is 15.9. The van der Waals surface area contributed by atoms with Crippen molar-refractivity contribution in [1.29, 1.82) is 0 Å². The highest BCUT2D eigenvalue weighted by Gasteiger charge is 2.36. The lowest BCUT2D eigenvalue weighted by atomic mass is 9.84. The highest BCUT2D eigenvalue weighted by atomic mass is 19.1. The molecular weight excluding hydrogens is 269 g/mol. The molecule has 0 aliphatic rings. The van der Waals surface area contributed by atoms with E-state index >= 15 is 0 Å². The minimum absolute atomic E-state index is 0.0501. The Kier molecular flexibility index (Phi) is 7.12.